The van der Waals surface area contributed by atoms with Crippen LogP contribution in [0.15, 0.2) is 48.5 Å². The molecule has 8 heteroatoms. The maximum Gasteiger partial charge on any atom is 0.306 e. The highest BCUT2D eigenvalue weighted by molar-refractivity contribution is 5.72. The molecule has 0 radical (unpaired) electrons. The van der Waals surface area contributed by atoms with E-state index in [1.54, 1.807) is 23.9 Å². The number of rotatable bonds is 11. The summed E-state index contributed by atoms with van der Waals surface area (Å²) in [4.78, 5) is 12.2. The third-order valence-electron chi connectivity index (χ3n) is 7.77. The number of ether oxygens (including phenoxy) is 3. The van der Waals surface area contributed by atoms with Gasteiger partial charge in [-0.1, -0.05) is 37.3 Å². The van der Waals surface area contributed by atoms with E-state index in [-0.39, 0.29) is 29.6 Å². The zero-order chi connectivity index (χ0) is 27.6. The molecule has 0 saturated heterocycles. The molecule has 0 aliphatic heterocycles. The SMILES string of the molecule is CCOC(=O)C[C@H](c1cccc(OCc2nnn(-c3cc(OC)ccc3F)c2C2=CCCC2(C)C)c1)C1CC1. The van der Waals surface area contributed by atoms with Crippen molar-refractivity contribution in [3.63, 3.8) is 0 Å². The van der Waals surface area contributed by atoms with Crippen LogP contribution in [0.25, 0.3) is 11.3 Å². The number of nitrogens with zero attached hydrogens (tertiary/aromatic N) is 3. The lowest BCUT2D eigenvalue weighted by Gasteiger charge is -2.24. The summed E-state index contributed by atoms with van der Waals surface area (Å²) in [6, 6.07) is 12.5. The summed E-state index contributed by atoms with van der Waals surface area (Å²) in [5.41, 5.74) is 3.69. The van der Waals surface area contributed by atoms with Gasteiger partial charge in [-0.15, -0.1) is 5.10 Å². The normalized spacial score (nSPS) is 17.0. The Morgan fingerprint density at radius 3 is 2.69 bits per heavy atom. The van der Waals surface area contributed by atoms with E-state index in [4.69, 9.17) is 14.2 Å². The van der Waals surface area contributed by atoms with Crippen molar-refractivity contribution in [1.29, 1.82) is 0 Å². The first kappa shape index (κ1) is 26.9. The van der Waals surface area contributed by atoms with Crippen LogP contribution in [0.4, 0.5) is 4.39 Å². The van der Waals surface area contributed by atoms with Crippen molar-refractivity contribution >= 4 is 11.5 Å². The molecule has 0 unspecified atom stereocenters. The number of carbonyl (C=O) groups excluding carboxylic acids is 1. The van der Waals surface area contributed by atoms with Gasteiger partial charge in [-0.05, 0) is 85.3 Å². The number of aromatic nitrogens is 3. The molecule has 1 atom stereocenters. The van der Waals surface area contributed by atoms with E-state index in [1.165, 1.54) is 6.07 Å². The average molecular weight is 534 g/mol. The highest BCUT2D eigenvalue weighted by Gasteiger charge is 2.35. The number of allylic oxidation sites excluding steroid dienone is 2. The number of carbonyl (C=O) groups is 1. The Bertz CT molecular complexity index is 1380. The molecule has 1 heterocycles. The van der Waals surface area contributed by atoms with Gasteiger partial charge in [0.1, 0.15) is 35.3 Å². The molecule has 2 aliphatic carbocycles. The Labute approximate surface area is 229 Å². The van der Waals surface area contributed by atoms with Gasteiger partial charge in [0, 0.05) is 6.07 Å². The quantitative estimate of drug-likeness (QED) is 0.257. The van der Waals surface area contributed by atoms with E-state index in [0.29, 0.717) is 36.1 Å². The number of esters is 1. The smallest absolute Gasteiger partial charge is 0.306 e. The molecular weight excluding hydrogens is 497 g/mol. The van der Waals surface area contributed by atoms with Crippen molar-refractivity contribution in [2.45, 2.75) is 65.4 Å². The molecule has 1 fully saturated rings. The Balaban J connectivity index is 1.44. The topological polar surface area (TPSA) is 75.5 Å². The molecule has 0 amide bonds. The van der Waals surface area contributed by atoms with E-state index >= 15 is 4.39 Å². The summed E-state index contributed by atoms with van der Waals surface area (Å²) in [7, 11) is 1.55. The molecule has 2 aliphatic rings. The fourth-order valence-corrected chi connectivity index (χ4v) is 5.48. The van der Waals surface area contributed by atoms with E-state index in [0.717, 1.165) is 42.5 Å². The minimum atomic E-state index is -0.411. The first-order valence-electron chi connectivity index (χ1n) is 13.7. The van der Waals surface area contributed by atoms with Crippen molar-refractivity contribution < 1.29 is 23.4 Å². The van der Waals surface area contributed by atoms with Gasteiger partial charge in [0.05, 0.1) is 25.8 Å². The highest BCUT2D eigenvalue weighted by atomic mass is 19.1. The van der Waals surface area contributed by atoms with Crippen LogP contribution >= 0.6 is 0 Å². The van der Waals surface area contributed by atoms with Crippen molar-refractivity contribution in [3.05, 3.63) is 71.3 Å². The zero-order valence-corrected chi connectivity index (χ0v) is 23.1. The second kappa shape index (κ2) is 11.2. The molecule has 3 aromatic rings. The summed E-state index contributed by atoms with van der Waals surface area (Å²) >= 11 is 0. The summed E-state index contributed by atoms with van der Waals surface area (Å²) in [6.45, 7) is 6.75. The van der Waals surface area contributed by atoms with Crippen molar-refractivity contribution in [1.82, 2.24) is 15.0 Å². The largest absolute Gasteiger partial charge is 0.497 e. The van der Waals surface area contributed by atoms with Crippen LogP contribution in [0.2, 0.25) is 0 Å². The van der Waals surface area contributed by atoms with Crippen LogP contribution in [0.3, 0.4) is 0 Å². The van der Waals surface area contributed by atoms with Crippen molar-refractivity contribution in [2.75, 3.05) is 13.7 Å². The first-order valence-corrected chi connectivity index (χ1v) is 13.7. The van der Waals surface area contributed by atoms with Crippen LogP contribution in [0, 0.1) is 17.2 Å². The third kappa shape index (κ3) is 5.84. The van der Waals surface area contributed by atoms with E-state index in [9.17, 15) is 4.79 Å². The Kier molecular flexibility index (Phi) is 7.73. The van der Waals surface area contributed by atoms with Crippen LogP contribution in [0.5, 0.6) is 11.5 Å². The standard InChI is InChI=1S/C31H36FN3O4/c1-5-38-29(36)18-24(20-11-12-20)21-8-6-9-23(16-21)39-19-27-30(25-10-7-15-31(25,2)3)35(34-33-27)28-17-22(37-4)13-14-26(28)32/h6,8-10,13-14,16-17,20,24H,5,7,11-12,15,18-19H2,1-4H3/t24-/m0/s1. The first-order chi connectivity index (χ1) is 18.8. The predicted molar refractivity (Wildman–Crippen MR) is 146 cm³/mol. The number of hydrogen-bond acceptors (Lipinski definition) is 6. The lowest BCUT2D eigenvalue weighted by molar-refractivity contribution is -0.143. The second-order valence-corrected chi connectivity index (χ2v) is 11.0. The molecule has 0 bridgehead atoms. The molecule has 7 nitrogen and oxygen atoms in total. The fourth-order valence-electron chi connectivity index (χ4n) is 5.48. The van der Waals surface area contributed by atoms with Crippen molar-refractivity contribution in [3.8, 4) is 17.2 Å². The van der Waals surface area contributed by atoms with Gasteiger partial charge in [0.25, 0.3) is 0 Å². The molecule has 1 aromatic heterocycles. The van der Waals surface area contributed by atoms with Gasteiger partial charge >= 0.3 is 5.97 Å². The predicted octanol–water partition coefficient (Wildman–Crippen LogP) is 6.64. The monoisotopic (exact) mass is 533 g/mol. The third-order valence-corrected chi connectivity index (χ3v) is 7.77. The second-order valence-electron chi connectivity index (χ2n) is 11.0. The molecule has 0 spiro atoms. The molecular formula is C31H36FN3O4. The fraction of sp³-hybridized carbons (Fsp3) is 0.452. The Morgan fingerprint density at radius 2 is 2.00 bits per heavy atom. The minimum Gasteiger partial charge on any atom is -0.497 e. The van der Waals surface area contributed by atoms with Gasteiger partial charge in [0.15, 0.2) is 0 Å². The minimum absolute atomic E-state index is 0.115. The Hall–Kier alpha value is -3.68. The summed E-state index contributed by atoms with van der Waals surface area (Å²) in [5.74, 6) is 1.25. The zero-order valence-electron chi connectivity index (χ0n) is 23.1. The molecule has 2 aromatic carbocycles. The average Bonchev–Trinajstić information content (AvgIpc) is 3.59. The lowest BCUT2D eigenvalue weighted by atomic mass is 9.83. The maximum atomic E-state index is 15.0. The van der Waals surface area contributed by atoms with Gasteiger partial charge in [-0.25, -0.2) is 9.07 Å². The summed E-state index contributed by atoms with van der Waals surface area (Å²) in [6.07, 6.45) is 6.71. The summed E-state index contributed by atoms with van der Waals surface area (Å²) in [5, 5.41) is 8.82. The van der Waals surface area contributed by atoms with Crippen LogP contribution < -0.4 is 9.47 Å². The van der Waals surface area contributed by atoms with Crippen LogP contribution in [0.1, 0.15) is 75.7 Å². The van der Waals surface area contributed by atoms with Crippen LogP contribution in [-0.4, -0.2) is 34.7 Å². The molecule has 1 saturated carbocycles. The summed E-state index contributed by atoms with van der Waals surface area (Å²) < 4.78 is 33.4. The van der Waals surface area contributed by atoms with Crippen molar-refractivity contribution in [2.24, 2.45) is 11.3 Å². The van der Waals surface area contributed by atoms with Crippen LogP contribution in [-0.2, 0) is 16.1 Å². The highest BCUT2D eigenvalue weighted by Crippen LogP contribution is 2.46. The molecule has 39 heavy (non-hydrogen) atoms. The van der Waals surface area contributed by atoms with Gasteiger partial charge in [-0.2, -0.15) is 0 Å². The van der Waals surface area contributed by atoms with Gasteiger partial charge in [-0.3, -0.25) is 4.79 Å². The van der Waals surface area contributed by atoms with E-state index in [2.05, 4.69) is 30.2 Å². The van der Waals surface area contributed by atoms with E-state index < -0.39 is 5.82 Å². The maximum absolute atomic E-state index is 15.0. The number of halogens is 1. The lowest BCUT2D eigenvalue weighted by Crippen LogP contribution is -2.15. The molecule has 5 rings (SSSR count). The Morgan fingerprint density at radius 1 is 1.18 bits per heavy atom. The molecule has 206 valence electrons. The van der Waals surface area contributed by atoms with Gasteiger partial charge in [0.2, 0.25) is 0 Å². The van der Waals surface area contributed by atoms with Gasteiger partial charge < -0.3 is 14.2 Å². The number of hydrogen-bond donors (Lipinski definition) is 0. The number of benzene rings is 2. The number of methoxy groups -OCH3 is 1. The van der Waals surface area contributed by atoms with E-state index in [1.807, 2.05) is 31.2 Å². The molecule has 0 N–H and O–H groups in total.